The number of benzene rings is 2. The Morgan fingerprint density at radius 1 is 1.15 bits per heavy atom. The van der Waals surface area contributed by atoms with Crippen molar-refractivity contribution in [3.05, 3.63) is 81.0 Å². The van der Waals surface area contributed by atoms with E-state index < -0.39 is 0 Å². The Balaban J connectivity index is 1.56. The lowest BCUT2D eigenvalue weighted by Crippen LogP contribution is -2.37. The van der Waals surface area contributed by atoms with E-state index >= 15 is 0 Å². The molecule has 0 amide bonds. The minimum atomic E-state index is -0.139. The molecule has 3 aromatic rings. The summed E-state index contributed by atoms with van der Waals surface area (Å²) in [5.74, 6) is 0.745. The van der Waals surface area contributed by atoms with Crippen molar-refractivity contribution in [2.45, 2.75) is 19.6 Å². The fourth-order valence-corrected chi connectivity index (χ4v) is 3.34. The second kappa shape index (κ2) is 6.79. The number of rotatable bonds is 3. The first-order valence-corrected chi connectivity index (χ1v) is 8.68. The predicted molar refractivity (Wildman–Crippen MR) is 98.1 cm³/mol. The SMILES string of the molecule is N#Cc1ccc(CN2CCn3c(nn(-c4cccc(Cl)c4)c3=O)C2)cc1. The molecule has 0 saturated carbocycles. The zero-order chi connectivity index (χ0) is 18.1. The summed E-state index contributed by atoms with van der Waals surface area (Å²) in [6.07, 6.45) is 0. The van der Waals surface area contributed by atoms with E-state index in [0.717, 1.165) is 24.5 Å². The van der Waals surface area contributed by atoms with Crippen LogP contribution in [-0.2, 0) is 19.6 Å². The van der Waals surface area contributed by atoms with Crippen LogP contribution in [0.4, 0.5) is 0 Å². The first-order valence-electron chi connectivity index (χ1n) is 8.30. The van der Waals surface area contributed by atoms with Crippen LogP contribution in [0.2, 0.25) is 5.02 Å². The molecule has 2 heterocycles. The van der Waals surface area contributed by atoms with Gasteiger partial charge in [0.2, 0.25) is 0 Å². The molecular formula is C19H16ClN5O. The molecule has 0 aliphatic carbocycles. The van der Waals surface area contributed by atoms with Gasteiger partial charge in [-0.1, -0.05) is 29.8 Å². The largest absolute Gasteiger partial charge is 0.350 e. The van der Waals surface area contributed by atoms with Crippen molar-refractivity contribution in [2.75, 3.05) is 6.54 Å². The average Bonchev–Trinajstić information content (AvgIpc) is 2.98. The van der Waals surface area contributed by atoms with Crippen molar-refractivity contribution >= 4 is 11.6 Å². The average molecular weight is 366 g/mol. The molecule has 130 valence electrons. The molecule has 0 N–H and O–H groups in total. The standard InChI is InChI=1S/C19H16ClN5O/c20-16-2-1-3-17(10-16)25-19(26)24-9-8-23(13-18(24)22-25)12-15-6-4-14(11-21)5-7-15/h1-7,10H,8-9,12-13H2. The van der Waals surface area contributed by atoms with Crippen LogP contribution in [0.3, 0.4) is 0 Å². The summed E-state index contributed by atoms with van der Waals surface area (Å²) in [6.45, 7) is 2.73. The van der Waals surface area contributed by atoms with Crippen LogP contribution < -0.4 is 5.69 Å². The van der Waals surface area contributed by atoms with Gasteiger partial charge in [-0.3, -0.25) is 9.47 Å². The Morgan fingerprint density at radius 2 is 1.96 bits per heavy atom. The van der Waals surface area contributed by atoms with Crippen LogP contribution in [0.5, 0.6) is 0 Å². The van der Waals surface area contributed by atoms with Crippen LogP contribution >= 0.6 is 11.6 Å². The monoisotopic (exact) mass is 365 g/mol. The van der Waals surface area contributed by atoms with Crippen molar-refractivity contribution in [2.24, 2.45) is 0 Å². The maximum atomic E-state index is 12.6. The Morgan fingerprint density at radius 3 is 2.69 bits per heavy atom. The third kappa shape index (κ3) is 3.15. The van der Waals surface area contributed by atoms with Crippen molar-refractivity contribution in [3.8, 4) is 11.8 Å². The van der Waals surface area contributed by atoms with E-state index in [1.807, 2.05) is 30.3 Å². The van der Waals surface area contributed by atoms with Gasteiger partial charge in [0.15, 0.2) is 0 Å². The van der Waals surface area contributed by atoms with Gasteiger partial charge in [-0.25, -0.2) is 4.79 Å². The van der Waals surface area contributed by atoms with Crippen molar-refractivity contribution < 1.29 is 0 Å². The molecule has 0 bridgehead atoms. The fourth-order valence-electron chi connectivity index (χ4n) is 3.15. The maximum absolute atomic E-state index is 12.6. The van der Waals surface area contributed by atoms with E-state index in [-0.39, 0.29) is 5.69 Å². The van der Waals surface area contributed by atoms with Crippen LogP contribution in [0.15, 0.2) is 53.3 Å². The number of nitrogens with zero attached hydrogens (tertiary/aromatic N) is 5. The highest BCUT2D eigenvalue weighted by molar-refractivity contribution is 6.30. The highest BCUT2D eigenvalue weighted by atomic mass is 35.5. The molecule has 0 saturated heterocycles. The molecule has 0 unspecified atom stereocenters. The van der Waals surface area contributed by atoms with Gasteiger partial charge in [-0.2, -0.15) is 9.94 Å². The fraction of sp³-hybridized carbons (Fsp3) is 0.211. The Bertz CT molecular complexity index is 1050. The number of hydrogen-bond acceptors (Lipinski definition) is 4. The number of hydrogen-bond donors (Lipinski definition) is 0. The smallest absolute Gasteiger partial charge is 0.290 e. The molecule has 7 heteroatoms. The summed E-state index contributed by atoms with van der Waals surface area (Å²) < 4.78 is 3.13. The summed E-state index contributed by atoms with van der Waals surface area (Å²) in [6, 6.07) is 16.8. The van der Waals surface area contributed by atoms with E-state index in [0.29, 0.717) is 29.4 Å². The summed E-state index contributed by atoms with van der Waals surface area (Å²) in [4.78, 5) is 14.9. The van der Waals surface area contributed by atoms with Crippen LogP contribution in [0.25, 0.3) is 5.69 Å². The predicted octanol–water partition coefficient (Wildman–Crippen LogP) is 2.57. The van der Waals surface area contributed by atoms with Gasteiger partial charge in [0.05, 0.1) is 23.9 Å². The molecule has 0 spiro atoms. The van der Waals surface area contributed by atoms with Gasteiger partial charge in [0, 0.05) is 24.7 Å². The van der Waals surface area contributed by atoms with Gasteiger partial charge >= 0.3 is 5.69 Å². The zero-order valence-corrected chi connectivity index (χ0v) is 14.7. The normalized spacial score (nSPS) is 14.0. The second-order valence-electron chi connectivity index (χ2n) is 6.26. The first-order chi connectivity index (χ1) is 12.6. The van der Waals surface area contributed by atoms with Crippen LogP contribution in [-0.4, -0.2) is 25.8 Å². The van der Waals surface area contributed by atoms with Gasteiger partial charge < -0.3 is 0 Å². The van der Waals surface area contributed by atoms with Crippen LogP contribution in [0, 0.1) is 11.3 Å². The number of aromatic nitrogens is 3. The third-order valence-corrected chi connectivity index (χ3v) is 4.72. The van der Waals surface area contributed by atoms with E-state index in [2.05, 4.69) is 16.1 Å². The second-order valence-corrected chi connectivity index (χ2v) is 6.70. The molecule has 0 fully saturated rings. The summed E-state index contributed by atoms with van der Waals surface area (Å²) in [7, 11) is 0. The minimum absolute atomic E-state index is 0.139. The van der Waals surface area contributed by atoms with Gasteiger partial charge in [0.1, 0.15) is 5.82 Å². The summed E-state index contributed by atoms with van der Waals surface area (Å²) >= 11 is 6.03. The Labute approximate surface area is 155 Å². The molecule has 0 atom stereocenters. The number of fused-ring (bicyclic) bond motifs is 1. The molecule has 6 nitrogen and oxygen atoms in total. The summed E-state index contributed by atoms with van der Waals surface area (Å²) in [5, 5.41) is 14.0. The lowest BCUT2D eigenvalue weighted by Gasteiger charge is -2.26. The molecule has 1 aliphatic heterocycles. The number of halogens is 1. The quantitative estimate of drug-likeness (QED) is 0.715. The minimum Gasteiger partial charge on any atom is -0.290 e. The molecule has 2 aromatic carbocycles. The van der Waals surface area contributed by atoms with Crippen molar-refractivity contribution in [1.82, 2.24) is 19.2 Å². The van der Waals surface area contributed by atoms with E-state index in [4.69, 9.17) is 16.9 Å². The highest BCUT2D eigenvalue weighted by Gasteiger charge is 2.22. The summed E-state index contributed by atoms with van der Waals surface area (Å²) in [5.41, 5.74) is 2.32. The molecule has 26 heavy (non-hydrogen) atoms. The molecule has 0 radical (unpaired) electrons. The maximum Gasteiger partial charge on any atom is 0.350 e. The highest BCUT2D eigenvalue weighted by Crippen LogP contribution is 2.16. The Kier molecular flexibility index (Phi) is 4.33. The third-order valence-electron chi connectivity index (χ3n) is 4.49. The van der Waals surface area contributed by atoms with Gasteiger partial charge in [0.25, 0.3) is 0 Å². The molecular weight excluding hydrogens is 350 g/mol. The zero-order valence-electron chi connectivity index (χ0n) is 14.0. The topological polar surface area (TPSA) is 66.8 Å². The van der Waals surface area contributed by atoms with Crippen molar-refractivity contribution in [3.63, 3.8) is 0 Å². The number of nitriles is 1. The van der Waals surface area contributed by atoms with E-state index in [1.165, 1.54) is 4.68 Å². The Hall–Kier alpha value is -2.88. The van der Waals surface area contributed by atoms with Gasteiger partial charge in [-0.15, -0.1) is 5.10 Å². The molecule has 1 aliphatic rings. The molecule has 1 aromatic heterocycles. The van der Waals surface area contributed by atoms with Gasteiger partial charge in [-0.05, 0) is 35.9 Å². The molecule has 4 rings (SSSR count). The first kappa shape index (κ1) is 16.6. The van der Waals surface area contributed by atoms with E-state index in [1.54, 1.807) is 22.8 Å². The van der Waals surface area contributed by atoms with Crippen LogP contribution in [0.1, 0.15) is 17.0 Å². The van der Waals surface area contributed by atoms with E-state index in [9.17, 15) is 4.79 Å². The lowest BCUT2D eigenvalue weighted by atomic mass is 10.1. The lowest BCUT2D eigenvalue weighted by molar-refractivity contribution is 0.207. The van der Waals surface area contributed by atoms with Crippen molar-refractivity contribution in [1.29, 1.82) is 5.26 Å².